The number of nitrogens with two attached hydrogens (primary N) is 1. The van der Waals surface area contributed by atoms with Crippen LogP contribution in [0.5, 0.6) is 5.75 Å². The summed E-state index contributed by atoms with van der Waals surface area (Å²) >= 11 is 1.99. The number of methoxy groups -OCH3 is 1. The summed E-state index contributed by atoms with van der Waals surface area (Å²) in [6.07, 6.45) is 7.18. The van der Waals surface area contributed by atoms with E-state index in [4.69, 9.17) is 10.6 Å². The van der Waals surface area contributed by atoms with Gasteiger partial charge in [-0.15, -0.1) is 0 Å². The zero-order chi connectivity index (χ0) is 12.8. The fourth-order valence-electron chi connectivity index (χ4n) is 2.33. The lowest BCUT2D eigenvalue weighted by molar-refractivity contribution is 0.398. The fourth-order valence-corrected chi connectivity index (χ4v) is 3.72. The second-order valence-corrected chi connectivity index (χ2v) is 5.88. The molecule has 0 aromatic carbocycles. The van der Waals surface area contributed by atoms with Crippen molar-refractivity contribution in [2.45, 2.75) is 37.0 Å². The number of thioether (sulfide) groups is 1. The molecule has 1 aromatic rings. The topological polar surface area (TPSA) is 60.2 Å². The highest BCUT2D eigenvalue weighted by atomic mass is 32.2. The summed E-state index contributed by atoms with van der Waals surface area (Å²) in [5.41, 5.74) is 3.75. The van der Waals surface area contributed by atoms with E-state index >= 15 is 0 Å². The van der Waals surface area contributed by atoms with E-state index in [0.717, 1.165) is 22.4 Å². The van der Waals surface area contributed by atoms with Gasteiger partial charge in [0.15, 0.2) is 0 Å². The lowest BCUT2D eigenvalue weighted by Crippen LogP contribution is -2.31. The minimum Gasteiger partial charge on any atom is -0.495 e. The molecule has 1 fully saturated rings. The summed E-state index contributed by atoms with van der Waals surface area (Å²) in [4.78, 5) is 4.39. The molecule has 1 unspecified atom stereocenters. The van der Waals surface area contributed by atoms with E-state index < -0.39 is 0 Å². The molecule has 0 amide bonds. The van der Waals surface area contributed by atoms with Gasteiger partial charge >= 0.3 is 0 Å². The number of hydrogen-bond donors (Lipinski definition) is 2. The average Bonchev–Trinajstić information content (AvgIpc) is 2.93. The molecule has 2 rings (SSSR count). The Hall–Kier alpha value is -0.780. The van der Waals surface area contributed by atoms with Crippen molar-refractivity contribution in [3.8, 4) is 5.75 Å². The Balaban J connectivity index is 1.98. The molecular weight excluding hydrogens is 246 g/mol. The minimum absolute atomic E-state index is 0.0479. The largest absolute Gasteiger partial charge is 0.495 e. The van der Waals surface area contributed by atoms with Crippen LogP contribution >= 0.6 is 11.8 Å². The molecule has 5 heteroatoms. The van der Waals surface area contributed by atoms with E-state index in [1.807, 2.05) is 23.9 Å². The first-order valence-corrected chi connectivity index (χ1v) is 7.46. The maximum Gasteiger partial charge on any atom is 0.142 e. The van der Waals surface area contributed by atoms with Gasteiger partial charge in [0.1, 0.15) is 11.4 Å². The van der Waals surface area contributed by atoms with Crippen LogP contribution in [-0.2, 0) is 0 Å². The Morgan fingerprint density at radius 3 is 3.00 bits per heavy atom. The molecule has 1 aliphatic carbocycles. The summed E-state index contributed by atoms with van der Waals surface area (Å²) in [5, 5.41) is 0.788. The molecule has 0 aliphatic heterocycles. The maximum atomic E-state index is 5.65. The monoisotopic (exact) mass is 267 g/mol. The van der Waals surface area contributed by atoms with E-state index in [1.54, 1.807) is 13.3 Å². The molecule has 1 saturated carbocycles. The zero-order valence-electron chi connectivity index (χ0n) is 10.8. The Bertz CT molecular complexity index is 369. The molecule has 0 bridgehead atoms. The van der Waals surface area contributed by atoms with Crippen LogP contribution in [-0.4, -0.2) is 23.1 Å². The zero-order valence-corrected chi connectivity index (χ0v) is 11.6. The Labute approximate surface area is 113 Å². The summed E-state index contributed by atoms with van der Waals surface area (Å²) in [7, 11) is 1.66. The van der Waals surface area contributed by atoms with Gasteiger partial charge in [-0.1, -0.05) is 12.8 Å². The average molecular weight is 267 g/mol. The van der Waals surface area contributed by atoms with Crippen molar-refractivity contribution in [3.05, 3.63) is 24.0 Å². The molecule has 18 heavy (non-hydrogen) atoms. The molecule has 0 saturated heterocycles. The molecule has 1 aliphatic rings. The van der Waals surface area contributed by atoms with Gasteiger partial charge in [0.25, 0.3) is 0 Å². The first kappa shape index (κ1) is 13.6. The third-order valence-electron chi connectivity index (χ3n) is 3.35. The van der Waals surface area contributed by atoms with Crippen LogP contribution in [0.2, 0.25) is 0 Å². The third kappa shape index (κ3) is 3.37. The van der Waals surface area contributed by atoms with Gasteiger partial charge in [0.2, 0.25) is 0 Å². The Kier molecular flexibility index (Phi) is 5.28. The number of ether oxygens (including phenoxy) is 1. The van der Waals surface area contributed by atoms with E-state index in [9.17, 15) is 0 Å². The van der Waals surface area contributed by atoms with Crippen molar-refractivity contribution in [3.63, 3.8) is 0 Å². The molecule has 3 N–H and O–H groups in total. The van der Waals surface area contributed by atoms with Crippen LogP contribution < -0.4 is 16.0 Å². The molecule has 1 aromatic heterocycles. The van der Waals surface area contributed by atoms with Crippen LogP contribution in [0, 0.1) is 0 Å². The second-order valence-electron chi connectivity index (χ2n) is 4.55. The molecule has 1 atom stereocenters. The highest BCUT2D eigenvalue weighted by molar-refractivity contribution is 7.99. The predicted molar refractivity (Wildman–Crippen MR) is 75.6 cm³/mol. The van der Waals surface area contributed by atoms with Crippen LogP contribution in [0.25, 0.3) is 0 Å². The quantitative estimate of drug-likeness (QED) is 0.611. The summed E-state index contributed by atoms with van der Waals surface area (Å²) in [5.74, 6) is 7.39. The third-order valence-corrected chi connectivity index (χ3v) is 4.82. The van der Waals surface area contributed by atoms with Crippen LogP contribution in [0.15, 0.2) is 18.3 Å². The van der Waals surface area contributed by atoms with Crippen molar-refractivity contribution in [2.24, 2.45) is 5.84 Å². The Morgan fingerprint density at radius 1 is 1.56 bits per heavy atom. The number of nitrogens with one attached hydrogen (secondary N) is 1. The van der Waals surface area contributed by atoms with Gasteiger partial charge in [-0.05, 0) is 25.0 Å². The Morgan fingerprint density at radius 2 is 2.33 bits per heavy atom. The van der Waals surface area contributed by atoms with Gasteiger partial charge in [0, 0.05) is 17.2 Å². The number of hydrazine groups is 1. The molecule has 0 spiro atoms. The SMILES string of the molecule is COc1cccnc1C(CSC1CCCC1)NN. The van der Waals surface area contributed by atoms with Gasteiger partial charge in [-0.2, -0.15) is 11.8 Å². The van der Waals surface area contributed by atoms with E-state index in [2.05, 4.69) is 10.4 Å². The number of pyridine rings is 1. The second kappa shape index (κ2) is 6.97. The fraction of sp³-hybridized carbons (Fsp3) is 0.615. The normalized spacial score (nSPS) is 17.9. The van der Waals surface area contributed by atoms with Crippen molar-refractivity contribution >= 4 is 11.8 Å². The van der Waals surface area contributed by atoms with E-state index in [0.29, 0.717) is 0 Å². The summed E-state index contributed by atoms with van der Waals surface area (Å²) < 4.78 is 5.33. The van der Waals surface area contributed by atoms with Crippen LogP contribution in [0.3, 0.4) is 0 Å². The maximum absolute atomic E-state index is 5.65. The molecule has 0 radical (unpaired) electrons. The highest BCUT2D eigenvalue weighted by Crippen LogP contribution is 2.33. The highest BCUT2D eigenvalue weighted by Gasteiger charge is 2.20. The standard InChI is InChI=1S/C13H21N3OS/c1-17-12-7-4-8-15-13(12)11(16-14)9-18-10-5-2-3-6-10/h4,7-8,10-11,16H,2-3,5-6,9,14H2,1H3. The van der Waals surface area contributed by atoms with Crippen LogP contribution in [0.1, 0.15) is 37.4 Å². The number of aromatic nitrogens is 1. The summed E-state index contributed by atoms with van der Waals surface area (Å²) in [6.45, 7) is 0. The van der Waals surface area contributed by atoms with Crippen molar-refractivity contribution in [1.82, 2.24) is 10.4 Å². The smallest absolute Gasteiger partial charge is 0.142 e. The van der Waals surface area contributed by atoms with Crippen molar-refractivity contribution in [2.75, 3.05) is 12.9 Å². The molecule has 4 nitrogen and oxygen atoms in total. The lowest BCUT2D eigenvalue weighted by Gasteiger charge is -2.19. The van der Waals surface area contributed by atoms with Crippen molar-refractivity contribution in [1.29, 1.82) is 0 Å². The summed E-state index contributed by atoms with van der Waals surface area (Å²) in [6, 6.07) is 3.85. The van der Waals surface area contributed by atoms with Gasteiger partial charge < -0.3 is 4.74 Å². The lowest BCUT2D eigenvalue weighted by atomic mass is 10.2. The number of nitrogens with zero attached hydrogens (tertiary/aromatic N) is 1. The molecule has 1 heterocycles. The van der Waals surface area contributed by atoms with Gasteiger partial charge in [0.05, 0.1) is 13.2 Å². The van der Waals surface area contributed by atoms with Gasteiger partial charge in [-0.25, -0.2) is 0 Å². The number of hydrogen-bond acceptors (Lipinski definition) is 5. The molecule has 100 valence electrons. The van der Waals surface area contributed by atoms with E-state index in [1.165, 1.54) is 25.7 Å². The number of rotatable bonds is 6. The van der Waals surface area contributed by atoms with Crippen molar-refractivity contribution < 1.29 is 4.74 Å². The molecular formula is C13H21N3OS. The van der Waals surface area contributed by atoms with Crippen LogP contribution in [0.4, 0.5) is 0 Å². The first-order valence-electron chi connectivity index (χ1n) is 6.41. The minimum atomic E-state index is 0.0479. The van der Waals surface area contributed by atoms with Gasteiger partial charge in [-0.3, -0.25) is 16.3 Å². The van der Waals surface area contributed by atoms with E-state index in [-0.39, 0.29) is 6.04 Å². The predicted octanol–water partition coefficient (Wildman–Crippen LogP) is 2.27. The first-order chi connectivity index (χ1) is 8.85.